The minimum absolute atomic E-state index is 0.865. The summed E-state index contributed by atoms with van der Waals surface area (Å²) in [5.41, 5.74) is 0. The molecule has 0 aromatic carbocycles. The second-order valence-corrected chi connectivity index (χ2v) is 34.3. The molecule has 0 nitrogen and oxygen atoms in total. The molecule has 0 saturated carbocycles. The zero-order valence-electron chi connectivity index (χ0n) is 20.4. The molecule has 180 valence electrons. The molecule has 0 atom stereocenters. The van der Waals surface area contributed by atoms with Crippen LogP contribution in [0.3, 0.4) is 0 Å². The Hall–Kier alpha value is 2.11. The first-order valence-corrected chi connectivity index (χ1v) is 23.5. The van der Waals surface area contributed by atoms with Crippen molar-refractivity contribution < 1.29 is 9.77 Å². The number of unbranched alkanes of at least 4 members (excludes halogenated alkanes) is 6. The van der Waals surface area contributed by atoms with E-state index in [-0.39, 0.29) is 0 Å². The zero-order chi connectivity index (χ0) is 21.3. The van der Waals surface area contributed by atoms with Crippen LogP contribution >= 0.6 is 32.2 Å². The van der Waals surface area contributed by atoms with E-state index in [1.165, 1.54) is 77.0 Å². The van der Waals surface area contributed by atoms with Crippen LogP contribution in [0.15, 0.2) is 0 Å². The van der Waals surface area contributed by atoms with Crippen LogP contribution in [0.2, 0.25) is 0 Å². The molecule has 0 aliphatic rings. The fraction of sp³-hybridized carbons (Fsp3) is 1.00. The molecule has 0 spiro atoms. The van der Waals surface area contributed by atoms with E-state index in [2.05, 4.69) is 61.9 Å². The van der Waals surface area contributed by atoms with Crippen LogP contribution in [0.4, 0.5) is 0 Å². The van der Waals surface area contributed by atoms with Gasteiger partial charge in [0.05, 0.1) is 0 Å². The first kappa shape index (κ1) is 30.1. The van der Waals surface area contributed by atoms with E-state index in [4.69, 9.17) is 0 Å². The summed E-state index contributed by atoms with van der Waals surface area (Å²) < 4.78 is 0. The summed E-state index contributed by atoms with van der Waals surface area (Å²) in [5.74, 6) is -2.36. The standard InChI is InChI=1S/2C12H27P.Cu.HI/c2*1-4-7-10-13(11-8-5-2)12-9-6-3;;/h2*4-12H2,1-3H3;;1H/q;;-1;/p+1. The van der Waals surface area contributed by atoms with Crippen LogP contribution in [-0.2, 0) is 9.77 Å². The molecule has 0 amide bonds. The fourth-order valence-corrected chi connectivity index (χ4v) is 49.1. The van der Waals surface area contributed by atoms with Crippen LogP contribution in [0.1, 0.15) is 119 Å². The maximum atomic E-state index is 3.15. The predicted octanol–water partition coefficient (Wildman–Crippen LogP) is 10.1. The molecular weight excluding hydrogens is 541 g/mol. The van der Waals surface area contributed by atoms with Gasteiger partial charge in [-0.1, -0.05) is 0 Å². The number of halogens is 1. The monoisotopic (exact) mass is 596 g/mol. The Morgan fingerprint density at radius 3 is 0.750 bits per heavy atom. The average Bonchev–Trinajstić information content (AvgIpc) is 2.73. The van der Waals surface area contributed by atoms with Crippen LogP contribution in [0.25, 0.3) is 0 Å². The van der Waals surface area contributed by atoms with Crippen LogP contribution in [0, 0.1) is 0 Å². The topological polar surface area (TPSA) is 0 Å². The Balaban J connectivity index is 5.99. The van der Waals surface area contributed by atoms with Gasteiger partial charge in [0.1, 0.15) is 0 Å². The molecule has 4 heteroatoms. The summed E-state index contributed by atoms with van der Waals surface area (Å²) in [4.78, 5) is 0. The van der Waals surface area contributed by atoms with Gasteiger partial charge < -0.3 is 0 Å². The summed E-state index contributed by atoms with van der Waals surface area (Å²) in [5, 5.41) is 0. The predicted molar refractivity (Wildman–Crippen MR) is 149 cm³/mol. The Kier molecular flexibility index (Phi) is 20.1. The van der Waals surface area contributed by atoms with Gasteiger partial charge in [-0.25, -0.2) is 0 Å². The second-order valence-electron chi connectivity index (χ2n) is 8.95. The molecule has 0 fully saturated rings. The normalized spacial score (nSPS) is 14.3. The Morgan fingerprint density at radius 2 is 0.607 bits per heavy atom. The molecule has 28 heavy (non-hydrogen) atoms. The van der Waals surface area contributed by atoms with Crippen molar-refractivity contribution in [1.82, 2.24) is 0 Å². The molecule has 0 saturated heterocycles. The summed E-state index contributed by atoms with van der Waals surface area (Å²) in [6.07, 6.45) is 27.5. The van der Waals surface area contributed by atoms with Gasteiger partial charge in [0, 0.05) is 0 Å². The van der Waals surface area contributed by atoms with Crippen molar-refractivity contribution in [2.24, 2.45) is 0 Å². The van der Waals surface area contributed by atoms with E-state index in [9.17, 15) is 0 Å². The second kappa shape index (κ2) is 18.7. The third-order valence-corrected chi connectivity index (χ3v) is 49.2. The first-order chi connectivity index (χ1) is 13.5. The van der Waals surface area contributed by atoms with Gasteiger partial charge in [0.15, 0.2) is 0 Å². The van der Waals surface area contributed by atoms with Gasteiger partial charge in [-0.3, -0.25) is 0 Å². The van der Waals surface area contributed by atoms with E-state index in [1.807, 2.05) is 0 Å². The molecular formula is C24H56CuIP2. The van der Waals surface area contributed by atoms with Crippen LogP contribution in [0.5, 0.6) is 0 Å². The molecule has 0 N–H and O–H groups in total. The molecule has 0 aliphatic carbocycles. The summed E-state index contributed by atoms with van der Waals surface area (Å²) >= 11 is 3.15. The Morgan fingerprint density at radius 1 is 0.429 bits per heavy atom. The van der Waals surface area contributed by atoms with Crippen molar-refractivity contribution in [2.75, 3.05) is 37.0 Å². The van der Waals surface area contributed by atoms with Crippen molar-refractivity contribution in [1.29, 1.82) is 0 Å². The average molecular weight is 597 g/mol. The molecule has 0 rings (SSSR count). The molecule has 0 heterocycles. The number of hydrogen-bond acceptors (Lipinski definition) is 0. The summed E-state index contributed by atoms with van der Waals surface area (Å²) in [6, 6.07) is 0. The molecule has 0 aromatic heterocycles. The minimum atomic E-state index is -1.18. The third kappa shape index (κ3) is 10.6. The molecule has 0 radical (unpaired) electrons. The van der Waals surface area contributed by atoms with Crippen LogP contribution in [-0.4, -0.2) is 37.0 Å². The third-order valence-electron chi connectivity index (χ3n) is 6.32. The van der Waals surface area contributed by atoms with E-state index in [0.29, 0.717) is 0 Å². The Bertz CT molecular complexity index is 276. The van der Waals surface area contributed by atoms with E-state index in [1.54, 1.807) is 37.0 Å². The van der Waals surface area contributed by atoms with Gasteiger partial charge in [0.2, 0.25) is 0 Å². The quantitative estimate of drug-likeness (QED) is 0.0745. The summed E-state index contributed by atoms with van der Waals surface area (Å²) in [6.45, 7) is 14.6. The maximum absolute atomic E-state index is 3.15. The van der Waals surface area contributed by atoms with Crippen molar-refractivity contribution in [3.8, 4) is 0 Å². The van der Waals surface area contributed by atoms with Crippen molar-refractivity contribution >= 4 is 32.2 Å². The van der Waals surface area contributed by atoms with Gasteiger partial charge in [0.25, 0.3) is 0 Å². The van der Waals surface area contributed by atoms with Crippen molar-refractivity contribution in [2.45, 2.75) is 119 Å². The molecule has 0 bridgehead atoms. The molecule has 0 aromatic rings. The van der Waals surface area contributed by atoms with Crippen LogP contribution < -0.4 is 0 Å². The molecule has 0 aliphatic heterocycles. The van der Waals surface area contributed by atoms with Gasteiger partial charge in [-0.05, 0) is 0 Å². The van der Waals surface area contributed by atoms with Crippen molar-refractivity contribution in [3.05, 3.63) is 0 Å². The van der Waals surface area contributed by atoms with E-state index >= 15 is 0 Å². The molecule has 0 unspecified atom stereocenters. The SMILES string of the molecule is CCCC[PH](CCCC)(CCCC)[Cu]([I])[PH](CCCC)(CCCC)CCCC. The van der Waals surface area contributed by atoms with Gasteiger partial charge >= 0.3 is 198 Å². The number of hydrogen-bond donors (Lipinski definition) is 0. The van der Waals surface area contributed by atoms with Crippen molar-refractivity contribution in [3.63, 3.8) is 0 Å². The number of rotatable bonds is 20. The fourth-order valence-electron chi connectivity index (χ4n) is 4.37. The first-order valence-electron chi connectivity index (χ1n) is 12.8. The Labute approximate surface area is 196 Å². The van der Waals surface area contributed by atoms with E-state index < -0.39 is 11.9 Å². The summed E-state index contributed by atoms with van der Waals surface area (Å²) in [7, 11) is 0.865. The zero-order valence-corrected chi connectivity index (χ0v) is 25.5. The van der Waals surface area contributed by atoms with E-state index in [0.717, 1.165) is 9.77 Å². The van der Waals surface area contributed by atoms with Gasteiger partial charge in [-0.2, -0.15) is 0 Å². The van der Waals surface area contributed by atoms with Gasteiger partial charge in [-0.15, -0.1) is 0 Å².